The Morgan fingerprint density at radius 1 is 1.26 bits per heavy atom. The lowest BCUT2D eigenvalue weighted by atomic mass is 10.2. The molecule has 2 saturated heterocycles. The molecule has 4 heterocycles. The van der Waals surface area contributed by atoms with Crippen LogP contribution in [0.2, 0.25) is 0 Å². The highest BCUT2D eigenvalue weighted by Crippen LogP contribution is 2.24. The van der Waals surface area contributed by atoms with Crippen molar-refractivity contribution in [1.29, 1.82) is 0 Å². The van der Waals surface area contributed by atoms with Crippen LogP contribution in [0.25, 0.3) is 0 Å². The van der Waals surface area contributed by atoms with Crippen LogP contribution in [-0.2, 0) is 6.54 Å². The van der Waals surface area contributed by atoms with Crippen LogP contribution in [0.5, 0.6) is 0 Å². The Morgan fingerprint density at radius 2 is 2.04 bits per heavy atom. The van der Waals surface area contributed by atoms with Crippen molar-refractivity contribution in [2.45, 2.75) is 44.9 Å². The smallest absolute Gasteiger partial charge is 0.276 e. The molecule has 0 unspecified atom stereocenters. The van der Waals surface area contributed by atoms with Gasteiger partial charge < -0.3 is 14.2 Å². The van der Waals surface area contributed by atoms with Crippen molar-refractivity contribution >= 4 is 11.8 Å². The number of hydrogen-bond donors (Lipinski definition) is 0. The zero-order chi connectivity index (χ0) is 19.0. The standard InChI is InChI=1S/C17H21FN6O3/c1-11-19-15(10-27-11)17(26)24-7-12(18)6-13(24)8-23-9-14(20-21-23)16(25)22-4-2-3-5-22/h9-10,12-13H,2-8H2,1H3/t12-,13-/m0/s1. The first-order valence-electron chi connectivity index (χ1n) is 9.08. The van der Waals surface area contributed by atoms with Crippen molar-refractivity contribution in [2.24, 2.45) is 0 Å². The summed E-state index contributed by atoms with van der Waals surface area (Å²) in [4.78, 5) is 32.2. The minimum absolute atomic E-state index is 0.00364. The van der Waals surface area contributed by atoms with Crippen molar-refractivity contribution < 1.29 is 18.4 Å². The third-order valence-electron chi connectivity index (χ3n) is 5.01. The van der Waals surface area contributed by atoms with Crippen molar-refractivity contribution in [1.82, 2.24) is 29.8 Å². The summed E-state index contributed by atoms with van der Waals surface area (Å²) in [5.74, 6) is -0.128. The second-order valence-corrected chi connectivity index (χ2v) is 7.02. The van der Waals surface area contributed by atoms with Gasteiger partial charge in [0.2, 0.25) is 0 Å². The summed E-state index contributed by atoms with van der Waals surface area (Å²) in [6.07, 6.45) is 3.94. The van der Waals surface area contributed by atoms with Crippen LogP contribution in [0.4, 0.5) is 4.39 Å². The molecule has 144 valence electrons. The first kappa shape index (κ1) is 17.6. The first-order valence-corrected chi connectivity index (χ1v) is 9.08. The Kier molecular flexibility index (Phi) is 4.63. The molecule has 0 bridgehead atoms. The van der Waals surface area contributed by atoms with Gasteiger partial charge in [0, 0.05) is 26.4 Å². The summed E-state index contributed by atoms with van der Waals surface area (Å²) in [7, 11) is 0. The van der Waals surface area contributed by atoms with Crippen molar-refractivity contribution in [3.8, 4) is 0 Å². The maximum Gasteiger partial charge on any atom is 0.276 e. The highest BCUT2D eigenvalue weighted by Gasteiger charge is 2.37. The molecule has 27 heavy (non-hydrogen) atoms. The first-order chi connectivity index (χ1) is 13.0. The lowest BCUT2D eigenvalue weighted by Crippen LogP contribution is -2.38. The van der Waals surface area contributed by atoms with Crippen LogP contribution >= 0.6 is 0 Å². The van der Waals surface area contributed by atoms with Gasteiger partial charge in [-0.15, -0.1) is 5.10 Å². The quantitative estimate of drug-likeness (QED) is 0.792. The molecule has 0 radical (unpaired) electrons. The maximum absolute atomic E-state index is 14.0. The average Bonchev–Trinajstić information content (AvgIpc) is 3.41. The zero-order valence-electron chi connectivity index (χ0n) is 15.0. The number of amides is 2. The molecular weight excluding hydrogens is 355 g/mol. The van der Waals surface area contributed by atoms with E-state index in [1.165, 1.54) is 15.8 Å². The summed E-state index contributed by atoms with van der Waals surface area (Å²) in [6.45, 7) is 3.38. The number of aromatic nitrogens is 4. The topological polar surface area (TPSA) is 97.4 Å². The molecule has 2 aromatic heterocycles. The third kappa shape index (κ3) is 3.56. The number of alkyl halides is 1. The minimum atomic E-state index is -1.11. The van der Waals surface area contributed by atoms with E-state index in [-0.39, 0.29) is 48.8 Å². The molecule has 10 heteroatoms. The van der Waals surface area contributed by atoms with Crippen LogP contribution in [-0.4, -0.2) is 73.4 Å². The molecule has 0 spiro atoms. The van der Waals surface area contributed by atoms with Crippen LogP contribution < -0.4 is 0 Å². The van der Waals surface area contributed by atoms with Crippen molar-refractivity contribution in [3.05, 3.63) is 29.7 Å². The van der Waals surface area contributed by atoms with E-state index in [0.29, 0.717) is 5.89 Å². The fraction of sp³-hybridized carbons (Fsp3) is 0.588. The number of halogens is 1. The molecule has 2 amide bonds. The number of carbonyl (C=O) groups excluding carboxylic acids is 2. The van der Waals surface area contributed by atoms with Crippen molar-refractivity contribution in [3.63, 3.8) is 0 Å². The van der Waals surface area contributed by atoms with E-state index >= 15 is 0 Å². The van der Waals surface area contributed by atoms with E-state index in [0.717, 1.165) is 25.9 Å². The predicted octanol–water partition coefficient (Wildman–Crippen LogP) is 1.06. The molecule has 0 saturated carbocycles. The van der Waals surface area contributed by atoms with Gasteiger partial charge in [0.05, 0.1) is 25.3 Å². The minimum Gasteiger partial charge on any atom is -0.448 e. The fourth-order valence-corrected chi connectivity index (χ4v) is 3.67. The van der Waals surface area contributed by atoms with Crippen molar-refractivity contribution in [2.75, 3.05) is 19.6 Å². The zero-order valence-corrected chi connectivity index (χ0v) is 15.0. The summed E-state index contributed by atoms with van der Waals surface area (Å²) in [5.41, 5.74) is 0.437. The Hall–Kier alpha value is -2.78. The van der Waals surface area contributed by atoms with Gasteiger partial charge in [-0.2, -0.15) is 0 Å². The Morgan fingerprint density at radius 3 is 2.74 bits per heavy atom. The van der Waals surface area contributed by atoms with Gasteiger partial charge in [0.15, 0.2) is 17.3 Å². The van der Waals surface area contributed by atoms with Crippen LogP contribution in [0.3, 0.4) is 0 Å². The normalized spacial score (nSPS) is 22.6. The summed E-state index contributed by atoms with van der Waals surface area (Å²) >= 11 is 0. The van der Waals surface area contributed by atoms with Crippen LogP contribution in [0.1, 0.15) is 46.1 Å². The van der Waals surface area contributed by atoms with E-state index in [2.05, 4.69) is 15.3 Å². The van der Waals surface area contributed by atoms with E-state index in [1.54, 1.807) is 18.0 Å². The lowest BCUT2D eigenvalue weighted by molar-refractivity contribution is 0.0707. The molecule has 4 rings (SSSR count). The third-order valence-corrected chi connectivity index (χ3v) is 5.01. The second kappa shape index (κ2) is 7.09. The summed E-state index contributed by atoms with van der Waals surface area (Å²) in [6, 6.07) is -0.388. The van der Waals surface area contributed by atoms with E-state index in [9.17, 15) is 14.0 Å². The van der Waals surface area contributed by atoms with Crippen LogP contribution in [0, 0.1) is 6.92 Å². The predicted molar refractivity (Wildman–Crippen MR) is 90.7 cm³/mol. The van der Waals surface area contributed by atoms with Gasteiger partial charge in [0.1, 0.15) is 12.4 Å². The van der Waals surface area contributed by atoms with Gasteiger partial charge in [-0.1, -0.05) is 5.21 Å². The molecule has 2 fully saturated rings. The Balaban J connectivity index is 1.46. The number of hydrogen-bond acceptors (Lipinski definition) is 6. The lowest BCUT2D eigenvalue weighted by Gasteiger charge is -2.23. The number of nitrogens with zero attached hydrogens (tertiary/aromatic N) is 6. The molecule has 2 aliphatic heterocycles. The van der Waals surface area contributed by atoms with Gasteiger partial charge in [0.25, 0.3) is 11.8 Å². The molecule has 9 nitrogen and oxygen atoms in total. The van der Waals surface area contributed by atoms with E-state index in [1.807, 2.05) is 0 Å². The highest BCUT2D eigenvalue weighted by molar-refractivity contribution is 5.92. The fourth-order valence-electron chi connectivity index (χ4n) is 3.67. The Bertz CT molecular complexity index is 843. The number of carbonyl (C=O) groups is 2. The molecule has 0 aromatic carbocycles. The number of oxazole rings is 1. The monoisotopic (exact) mass is 376 g/mol. The molecule has 0 aliphatic carbocycles. The van der Waals surface area contributed by atoms with Gasteiger partial charge in [-0.05, 0) is 12.8 Å². The molecular formula is C17H21FN6O3. The number of aryl methyl sites for hydroxylation is 1. The molecule has 0 N–H and O–H groups in total. The SMILES string of the molecule is Cc1nc(C(=O)N2C[C@@H](F)C[C@H]2Cn2cc(C(=O)N3CCCC3)nn2)co1. The molecule has 2 atom stereocenters. The summed E-state index contributed by atoms with van der Waals surface area (Å²) in [5, 5.41) is 7.94. The maximum atomic E-state index is 14.0. The number of likely N-dealkylation sites (tertiary alicyclic amines) is 2. The van der Waals surface area contributed by atoms with Crippen LogP contribution in [0.15, 0.2) is 16.9 Å². The summed E-state index contributed by atoms with van der Waals surface area (Å²) < 4.78 is 20.6. The average molecular weight is 376 g/mol. The molecule has 2 aromatic rings. The van der Waals surface area contributed by atoms with E-state index < -0.39 is 6.17 Å². The Labute approximate surface area is 155 Å². The molecule has 2 aliphatic rings. The highest BCUT2D eigenvalue weighted by atomic mass is 19.1. The van der Waals surface area contributed by atoms with Gasteiger partial charge in [-0.3, -0.25) is 9.59 Å². The largest absolute Gasteiger partial charge is 0.448 e. The van der Waals surface area contributed by atoms with E-state index in [4.69, 9.17) is 4.42 Å². The number of rotatable bonds is 4. The van der Waals surface area contributed by atoms with Gasteiger partial charge >= 0.3 is 0 Å². The second-order valence-electron chi connectivity index (χ2n) is 7.02. The van der Waals surface area contributed by atoms with Gasteiger partial charge in [-0.25, -0.2) is 14.1 Å².